The highest BCUT2D eigenvalue weighted by molar-refractivity contribution is 7.84. The van der Waals surface area contributed by atoms with Crippen molar-refractivity contribution in [1.29, 1.82) is 0 Å². The van der Waals surface area contributed by atoms with Gasteiger partial charge in [-0.15, -0.1) is 11.6 Å². The number of carbonyl (C=O) groups is 1. The number of carbonyl (C=O) groups excluding carboxylic acids is 1. The van der Waals surface area contributed by atoms with Gasteiger partial charge in [-0.2, -0.15) is 0 Å². The molecule has 1 N–H and O–H groups in total. The summed E-state index contributed by atoms with van der Waals surface area (Å²) in [6.07, 6.45) is 2.76. The first-order valence-electron chi connectivity index (χ1n) is 4.21. The van der Waals surface area contributed by atoms with E-state index in [1.165, 1.54) is 0 Å². The van der Waals surface area contributed by atoms with Crippen molar-refractivity contribution in [1.82, 2.24) is 5.32 Å². The molecule has 1 amide bonds. The Hall–Kier alpha value is -0.0900. The number of alkyl halides is 1. The molecule has 0 aliphatic heterocycles. The van der Waals surface area contributed by atoms with Gasteiger partial charge in [-0.1, -0.05) is 0 Å². The van der Waals surface area contributed by atoms with E-state index < -0.39 is 10.8 Å². The summed E-state index contributed by atoms with van der Waals surface area (Å²) in [4.78, 5) is 11.1. The quantitative estimate of drug-likeness (QED) is 0.683. The summed E-state index contributed by atoms with van der Waals surface area (Å²) < 4.78 is 10.8. The van der Waals surface area contributed by atoms with E-state index in [9.17, 15) is 9.00 Å². The standard InChI is InChI=1S/C8H16ClNO2S/c1-7(6-13(2)12)10-8(11)4-3-5-9/h7H,3-6H2,1-2H3,(H,10,11). The van der Waals surface area contributed by atoms with Crippen molar-refractivity contribution >= 4 is 28.3 Å². The summed E-state index contributed by atoms with van der Waals surface area (Å²) >= 11 is 5.44. The maximum atomic E-state index is 11.1. The Morgan fingerprint density at radius 1 is 1.62 bits per heavy atom. The number of nitrogens with one attached hydrogen (secondary N) is 1. The van der Waals surface area contributed by atoms with Gasteiger partial charge in [0.1, 0.15) is 0 Å². The summed E-state index contributed by atoms with van der Waals surface area (Å²) in [5.74, 6) is 0.993. The molecule has 13 heavy (non-hydrogen) atoms. The van der Waals surface area contributed by atoms with Crippen LogP contribution in [-0.4, -0.2) is 34.0 Å². The minimum Gasteiger partial charge on any atom is -0.353 e. The van der Waals surface area contributed by atoms with Crippen LogP contribution in [0.2, 0.25) is 0 Å². The molecule has 0 heterocycles. The number of amides is 1. The molecule has 0 saturated carbocycles. The van der Waals surface area contributed by atoms with Gasteiger partial charge in [-0.05, 0) is 13.3 Å². The molecule has 0 aromatic carbocycles. The Morgan fingerprint density at radius 2 is 2.23 bits per heavy atom. The highest BCUT2D eigenvalue weighted by atomic mass is 35.5. The monoisotopic (exact) mass is 225 g/mol. The van der Waals surface area contributed by atoms with Crippen LogP contribution in [0.5, 0.6) is 0 Å². The molecule has 0 rings (SSSR count). The number of rotatable bonds is 6. The summed E-state index contributed by atoms with van der Waals surface area (Å²) in [7, 11) is -0.859. The molecule has 0 spiro atoms. The molecule has 0 saturated heterocycles. The molecule has 0 fully saturated rings. The van der Waals surface area contributed by atoms with Gasteiger partial charge in [-0.25, -0.2) is 0 Å². The predicted octanol–water partition coefficient (Wildman–Crippen LogP) is 0.889. The first kappa shape index (κ1) is 12.9. The average Bonchev–Trinajstić information content (AvgIpc) is 1.98. The van der Waals surface area contributed by atoms with E-state index in [0.717, 1.165) is 0 Å². The minimum atomic E-state index is -0.859. The molecule has 2 atom stereocenters. The first-order chi connectivity index (χ1) is 6.06. The molecule has 5 heteroatoms. The zero-order valence-electron chi connectivity index (χ0n) is 8.01. The Balaban J connectivity index is 3.59. The Morgan fingerprint density at radius 3 is 2.69 bits per heavy atom. The summed E-state index contributed by atoms with van der Waals surface area (Å²) in [5, 5.41) is 2.76. The zero-order valence-corrected chi connectivity index (χ0v) is 9.58. The van der Waals surface area contributed by atoms with Gasteiger partial charge in [0.05, 0.1) is 0 Å². The van der Waals surface area contributed by atoms with E-state index in [2.05, 4.69) is 5.32 Å². The topological polar surface area (TPSA) is 46.2 Å². The zero-order chi connectivity index (χ0) is 10.3. The fourth-order valence-electron chi connectivity index (χ4n) is 0.968. The largest absolute Gasteiger partial charge is 0.353 e. The summed E-state index contributed by atoms with van der Waals surface area (Å²) in [6, 6.07) is -0.0198. The van der Waals surface area contributed by atoms with Crippen molar-refractivity contribution in [2.24, 2.45) is 0 Å². The molecule has 2 unspecified atom stereocenters. The molecular formula is C8H16ClNO2S. The normalized spacial score (nSPS) is 15.0. The van der Waals surface area contributed by atoms with Crippen molar-refractivity contribution in [2.45, 2.75) is 25.8 Å². The van der Waals surface area contributed by atoms with Crippen LogP contribution in [0.4, 0.5) is 0 Å². The molecule has 78 valence electrons. The lowest BCUT2D eigenvalue weighted by atomic mass is 10.3. The minimum absolute atomic E-state index is 0.0152. The van der Waals surface area contributed by atoms with Crippen molar-refractivity contribution in [3.63, 3.8) is 0 Å². The van der Waals surface area contributed by atoms with E-state index in [-0.39, 0.29) is 11.9 Å². The SMILES string of the molecule is CC(CS(C)=O)NC(=O)CCCCl. The molecule has 0 aliphatic carbocycles. The lowest BCUT2D eigenvalue weighted by molar-refractivity contribution is -0.121. The third-order valence-electron chi connectivity index (χ3n) is 1.43. The second kappa shape index (κ2) is 7.33. The van der Waals surface area contributed by atoms with Crippen LogP contribution in [0, 0.1) is 0 Å². The van der Waals surface area contributed by atoms with Crippen molar-refractivity contribution < 1.29 is 9.00 Å². The van der Waals surface area contributed by atoms with E-state index in [1.807, 2.05) is 6.92 Å². The van der Waals surface area contributed by atoms with Gasteiger partial charge in [0.15, 0.2) is 0 Å². The van der Waals surface area contributed by atoms with Gasteiger partial charge in [0.25, 0.3) is 0 Å². The molecule has 0 aromatic rings. The van der Waals surface area contributed by atoms with Crippen LogP contribution in [0.3, 0.4) is 0 Å². The molecule has 0 aliphatic rings. The van der Waals surface area contributed by atoms with Crippen LogP contribution < -0.4 is 5.32 Å². The number of hydrogen-bond acceptors (Lipinski definition) is 2. The van der Waals surface area contributed by atoms with Gasteiger partial charge in [0.2, 0.25) is 5.91 Å². The van der Waals surface area contributed by atoms with Crippen LogP contribution in [0.25, 0.3) is 0 Å². The summed E-state index contributed by atoms with van der Waals surface area (Å²) in [5.41, 5.74) is 0. The Kier molecular flexibility index (Phi) is 7.28. The van der Waals surface area contributed by atoms with Gasteiger partial charge >= 0.3 is 0 Å². The fraction of sp³-hybridized carbons (Fsp3) is 0.875. The van der Waals surface area contributed by atoms with Gasteiger partial charge in [-0.3, -0.25) is 9.00 Å². The van der Waals surface area contributed by atoms with E-state index in [4.69, 9.17) is 11.6 Å². The van der Waals surface area contributed by atoms with Gasteiger partial charge < -0.3 is 5.32 Å². The fourth-order valence-corrected chi connectivity index (χ4v) is 1.89. The maximum Gasteiger partial charge on any atom is 0.220 e. The molecule has 0 bridgehead atoms. The van der Waals surface area contributed by atoms with Crippen LogP contribution >= 0.6 is 11.6 Å². The first-order valence-corrected chi connectivity index (χ1v) is 6.47. The van der Waals surface area contributed by atoms with Crippen LogP contribution in [-0.2, 0) is 15.6 Å². The lowest BCUT2D eigenvalue weighted by Gasteiger charge is -2.11. The number of hydrogen-bond donors (Lipinski definition) is 1. The molecule has 0 aromatic heterocycles. The molecular weight excluding hydrogens is 210 g/mol. The molecule has 3 nitrogen and oxygen atoms in total. The molecule has 0 radical (unpaired) electrons. The van der Waals surface area contributed by atoms with Crippen molar-refractivity contribution in [3.8, 4) is 0 Å². The second-order valence-electron chi connectivity index (χ2n) is 3.00. The van der Waals surface area contributed by atoms with Crippen LogP contribution in [0.1, 0.15) is 19.8 Å². The Bertz CT molecular complexity index is 187. The van der Waals surface area contributed by atoms with Crippen LogP contribution in [0.15, 0.2) is 0 Å². The van der Waals surface area contributed by atoms with E-state index in [1.54, 1.807) is 6.26 Å². The third kappa shape index (κ3) is 8.25. The lowest BCUT2D eigenvalue weighted by Crippen LogP contribution is -2.36. The van der Waals surface area contributed by atoms with Crippen molar-refractivity contribution in [3.05, 3.63) is 0 Å². The van der Waals surface area contributed by atoms with E-state index >= 15 is 0 Å². The highest BCUT2D eigenvalue weighted by Gasteiger charge is 2.07. The van der Waals surface area contributed by atoms with Crippen molar-refractivity contribution in [2.75, 3.05) is 17.9 Å². The van der Waals surface area contributed by atoms with E-state index in [0.29, 0.717) is 24.5 Å². The van der Waals surface area contributed by atoms with Gasteiger partial charge in [0, 0.05) is 41.2 Å². The average molecular weight is 226 g/mol. The second-order valence-corrected chi connectivity index (χ2v) is 4.86. The third-order valence-corrected chi connectivity index (χ3v) is 2.67. The number of halogens is 1. The smallest absolute Gasteiger partial charge is 0.220 e. The summed E-state index contributed by atoms with van der Waals surface area (Å²) in [6.45, 7) is 1.85. The predicted molar refractivity (Wildman–Crippen MR) is 56.5 cm³/mol. The Labute approximate surface area is 86.7 Å². The maximum absolute atomic E-state index is 11.1. The highest BCUT2D eigenvalue weighted by Crippen LogP contribution is 1.93.